The number of hydrogen-bond donors (Lipinski definition) is 1. The van der Waals surface area contributed by atoms with Crippen molar-refractivity contribution in [2.45, 2.75) is 0 Å². The van der Waals surface area contributed by atoms with Crippen molar-refractivity contribution in [3.05, 3.63) is 69.7 Å². The Morgan fingerprint density at radius 2 is 2.05 bits per heavy atom. The quantitative estimate of drug-likeness (QED) is 0.574. The summed E-state index contributed by atoms with van der Waals surface area (Å²) in [7, 11) is 0. The van der Waals surface area contributed by atoms with Crippen LogP contribution in [-0.2, 0) is 0 Å². The summed E-state index contributed by atoms with van der Waals surface area (Å²) in [6, 6.07) is 13.4. The van der Waals surface area contributed by atoms with E-state index in [1.807, 2.05) is 18.2 Å². The molecule has 0 saturated carbocycles. The Morgan fingerprint density at radius 1 is 1.23 bits per heavy atom. The fourth-order valence-electron chi connectivity index (χ4n) is 1.93. The number of halogens is 2. The predicted octanol–water partition coefficient (Wildman–Crippen LogP) is 4.28. The van der Waals surface area contributed by atoms with E-state index < -0.39 is 0 Å². The van der Waals surface area contributed by atoms with Gasteiger partial charge in [0, 0.05) is 5.56 Å². The van der Waals surface area contributed by atoms with E-state index in [9.17, 15) is 4.39 Å². The first-order chi connectivity index (χ1) is 10.6. The van der Waals surface area contributed by atoms with Crippen LogP contribution >= 0.6 is 23.8 Å². The first-order valence-corrected chi connectivity index (χ1v) is 7.16. The second-order valence-electron chi connectivity index (χ2n) is 4.44. The first-order valence-electron chi connectivity index (χ1n) is 6.37. The van der Waals surface area contributed by atoms with Crippen LogP contribution in [-0.4, -0.2) is 21.1 Å². The van der Waals surface area contributed by atoms with Crippen molar-refractivity contribution < 1.29 is 4.39 Å². The Bertz CT molecular complexity index is 900. The summed E-state index contributed by atoms with van der Waals surface area (Å²) in [6.45, 7) is 0. The Morgan fingerprint density at radius 3 is 2.82 bits per heavy atom. The van der Waals surface area contributed by atoms with Gasteiger partial charge in [-0.15, -0.1) is 0 Å². The molecule has 7 heteroatoms. The van der Waals surface area contributed by atoms with E-state index in [0.717, 1.165) is 0 Å². The largest absolute Gasteiger partial charge is 0.250 e. The van der Waals surface area contributed by atoms with Crippen molar-refractivity contribution in [3.8, 4) is 11.4 Å². The summed E-state index contributed by atoms with van der Waals surface area (Å²) in [5.74, 6) is 0.161. The zero-order valence-electron chi connectivity index (χ0n) is 11.2. The molecular weight excluding hydrogens is 323 g/mol. The van der Waals surface area contributed by atoms with Crippen molar-refractivity contribution in [3.63, 3.8) is 0 Å². The van der Waals surface area contributed by atoms with Crippen molar-refractivity contribution in [2.75, 3.05) is 0 Å². The highest BCUT2D eigenvalue weighted by molar-refractivity contribution is 7.71. The van der Waals surface area contributed by atoms with Gasteiger partial charge in [-0.3, -0.25) is 0 Å². The van der Waals surface area contributed by atoms with Crippen LogP contribution in [0.5, 0.6) is 0 Å². The van der Waals surface area contributed by atoms with Crippen LogP contribution in [0, 0.1) is 10.6 Å². The standard InChI is InChI=1S/C15H10ClFN4S/c16-13-7-2-1-6-12(13)14-19-20-15(22)21(14)18-9-10-4-3-5-11(17)8-10/h1-9H,(H,20,22). The lowest BCUT2D eigenvalue weighted by Crippen LogP contribution is -1.95. The van der Waals surface area contributed by atoms with E-state index in [0.29, 0.717) is 26.7 Å². The zero-order valence-corrected chi connectivity index (χ0v) is 12.8. The summed E-state index contributed by atoms with van der Waals surface area (Å²) in [5, 5.41) is 11.6. The van der Waals surface area contributed by atoms with Crippen molar-refractivity contribution in [2.24, 2.45) is 5.10 Å². The van der Waals surface area contributed by atoms with Gasteiger partial charge in [0.1, 0.15) is 5.82 Å². The number of hydrogen-bond acceptors (Lipinski definition) is 3. The fourth-order valence-corrected chi connectivity index (χ4v) is 2.33. The van der Waals surface area contributed by atoms with E-state index in [1.165, 1.54) is 23.0 Å². The van der Waals surface area contributed by atoms with Crippen LogP contribution < -0.4 is 0 Å². The molecule has 0 radical (unpaired) electrons. The lowest BCUT2D eigenvalue weighted by atomic mass is 10.2. The molecule has 22 heavy (non-hydrogen) atoms. The summed E-state index contributed by atoms with van der Waals surface area (Å²) in [5.41, 5.74) is 1.32. The minimum Gasteiger partial charge on any atom is -0.250 e. The Labute approximate surface area is 135 Å². The molecule has 0 aliphatic carbocycles. The number of benzene rings is 2. The van der Waals surface area contributed by atoms with Gasteiger partial charge in [-0.2, -0.15) is 14.9 Å². The number of rotatable bonds is 3. The molecule has 1 aromatic heterocycles. The van der Waals surface area contributed by atoms with Gasteiger partial charge in [0.25, 0.3) is 0 Å². The molecule has 110 valence electrons. The Hall–Kier alpha value is -2.31. The molecular formula is C15H10ClFN4S. The molecule has 0 atom stereocenters. The van der Waals surface area contributed by atoms with Gasteiger partial charge in [-0.05, 0) is 42.0 Å². The molecule has 1 heterocycles. The SMILES string of the molecule is Fc1cccc(C=Nn2c(-c3ccccc3Cl)n[nH]c2=S)c1. The average molecular weight is 333 g/mol. The van der Waals surface area contributed by atoms with Crippen LogP contribution in [0.25, 0.3) is 11.4 Å². The van der Waals surface area contributed by atoms with Gasteiger partial charge in [0.15, 0.2) is 5.82 Å². The molecule has 0 aliphatic heterocycles. The molecule has 0 amide bonds. The third kappa shape index (κ3) is 2.98. The topological polar surface area (TPSA) is 46.0 Å². The second-order valence-corrected chi connectivity index (χ2v) is 5.24. The third-order valence-corrected chi connectivity index (χ3v) is 3.53. The second kappa shape index (κ2) is 6.21. The molecule has 0 aliphatic rings. The average Bonchev–Trinajstić information content (AvgIpc) is 2.87. The number of aromatic amines is 1. The van der Waals surface area contributed by atoms with E-state index in [1.54, 1.807) is 18.2 Å². The van der Waals surface area contributed by atoms with Crippen LogP contribution in [0.1, 0.15) is 5.56 Å². The normalized spacial score (nSPS) is 11.2. The highest BCUT2D eigenvalue weighted by Crippen LogP contribution is 2.25. The summed E-state index contributed by atoms with van der Waals surface area (Å²) >= 11 is 11.3. The lowest BCUT2D eigenvalue weighted by molar-refractivity contribution is 0.627. The maximum atomic E-state index is 13.2. The summed E-state index contributed by atoms with van der Waals surface area (Å²) in [6.07, 6.45) is 1.51. The molecule has 0 saturated heterocycles. The Balaban J connectivity index is 2.04. The molecule has 0 spiro atoms. The Kier molecular flexibility index (Phi) is 4.13. The molecule has 4 nitrogen and oxygen atoms in total. The van der Waals surface area contributed by atoms with Gasteiger partial charge in [-0.1, -0.05) is 35.9 Å². The first kappa shape index (κ1) is 14.6. The van der Waals surface area contributed by atoms with Crippen molar-refractivity contribution >= 4 is 30.0 Å². The van der Waals surface area contributed by atoms with Gasteiger partial charge < -0.3 is 0 Å². The molecule has 2 aromatic carbocycles. The maximum Gasteiger partial charge on any atom is 0.216 e. The van der Waals surface area contributed by atoms with E-state index in [-0.39, 0.29) is 5.82 Å². The van der Waals surface area contributed by atoms with Gasteiger partial charge >= 0.3 is 0 Å². The summed E-state index contributed by atoms with van der Waals surface area (Å²) in [4.78, 5) is 0. The number of nitrogens with zero attached hydrogens (tertiary/aromatic N) is 3. The molecule has 3 aromatic rings. The minimum absolute atomic E-state index is 0.322. The van der Waals surface area contributed by atoms with E-state index in [4.69, 9.17) is 23.8 Å². The van der Waals surface area contributed by atoms with E-state index in [2.05, 4.69) is 15.3 Å². The molecule has 3 rings (SSSR count). The van der Waals surface area contributed by atoms with Crippen LogP contribution in [0.4, 0.5) is 4.39 Å². The molecule has 0 bridgehead atoms. The van der Waals surface area contributed by atoms with Gasteiger partial charge in [-0.25, -0.2) is 9.49 Å². The smallest absolute Gasteiger partial charge is 0.216 e. The van der Waals surface area contributed by atoms with Crippen LogP contribution in [0.3, 0.4) is 0 Å². The minimum atomic E-state index is -0.328. The predicted molar refractivity (Wildman–Crippen MR) is 87.2 cm³/mol. The number of H-pyrrole nitrogens is 1. The van der Waals surface area contributed by atoms with Crippen LogP contribution in [0.15, 0.2) is 53.6 Å². The molecule has 0 unspecified atom stereocenters. The number of aromatic nitrogens is 3. The molecule has 1 N–H and O–H groups in total. The fraction of sp³-hybridized carbons (Fsp3) is 0. The van der Waals surface area contributed by atoms with E-state index >= 15 is 0 Å². The zero-order chi connectivity index (χ0) is 15.5. The monoisotopic (exact) mass is 332 g/mol. The van der Waals surface area contributed by atoms with Crippen LogP contribution in [0.2, 0.25) is 5.02 Å². The van der Waals surface area contributed by atoms with Crippen molar-refractivity contribution in [1.29, 1.82) is 0 Å². The summed E-state index contributed by atoms with van der Waals surface area (Å²) < 4.78 is 15.0. The van der Waals surface area contributed by atoms with Crippen molar-refractivity contribution in [1.82, 2.24) is 14.9 Å². The van der Waals surface area contributed by atoms with Gasteiger partial charge in [0.05, 0.1) is 11.2 Å². The highest BCUT2D eigenvalue weighted by atomic mass is 35.5. The van der Waals surface area contributed by atoms with Gasteiger partial charge in [0.2, 0.25) is 4.77 Å². The maximum absolute atomic E-state index is 13.2. The number of nitrogens with one attached hydrogen (secondary N) is 1. The lowest BCUT2D eigenvalue weighted by Gasteiger charge is -2.02. The molecule has 0 fully saturated rings. The highest BCUT2D eigenvalue weighted by Gasteiger charge is 2.11. The third-order valence-electron chi connectivity index (χ3n) is 2.94.